The summed E-state index contributed by atoms with van der Waals surface area (Å²) < 4.78 is 2.59. The van der Waals surface area contributed by atoms with Crippen molar-refractivity contribution in [3.8, 4) is 61.3 Å². The van der Waals surface area contributed by atoms with E-state index < -0.39 is 5.41 Å². The summed E-state index contributed by atoms with van der Waals surface area (Å²) >= 11 is 0. The van der Waals surface area contributed by atoms with E-state index in [2.05, 4.69) is 234 Å². The molecule has 0 amide bonds. The summed E-state index contributed by atoms with van der Waals surface area (Å²) in [5.74, 6) is 0. The summed E-state index contributed by atoms with van der Waals surface area (Å²) in [6.07, 6.45) is 6.22. The maximum Gasteiger partial charge on any atom is 0.0714 e. The van der Waals surface area contributed by atoms with Gasteiger partial charge in [0.15, 0.2) is 0 Å². The molecule has 4 aliphatic rings. The van der Waals surface area contributed by atoms with Crippen molar-refractivity contribution in [3.63, 3.8) is 0 Å². The zero-order chi connectivity index (χ0) is 45.3. The van der Waals surface area contributed by atoms with E-state index in [9.17, 15) is 0 Å². The van der Waals surface area contributed by atoms with Crippen LogP contribution in [0.5, 0.6) is 0 Å². The van der Waals surface area contributed by atoms with Gasteiger partial charge >= 0.3 is 0 Å². The Morgan fingerprint density at radius 3 is 1.83 bits per heavy atom. The Morgan fingerprint density at radius 2 is 1.01 bits per heavy atom. The normalized spacial score (nSPS) is 15.2. The predicted octanol–water partition coefficient (Wildman–Crippen LogP) is 17.4. The van der Waals surface area contributed by atoms with E-state index in [1.165, 1.54) is 149 Å². The van der Waals surface area contributed by atoms with Crippen LogP contribution >= 0.6 is 0 Å². The Morgan fingerprint density at radius 1 is 0.362 bits per heavy atom. The SMILES string of the molecule is c1ccc(C2(c3ccccc3)c3ccccc3-c3ccc(Nc4cccc(-c5cccc(-c6cc7c8c(c6)C6(CCCCC6)c6ccc9c%10ccccc%10n(c9c6-8)-c6ccccc6-7)c5)c4)cc32)cc1. The first-order valence-corrected chi connectivity index (χ1v) is 24.9. The van der Waals surface area contributed by atoms with Gasteiger partial charge in [-0.3, -0.25) is 0 Å². The lowest BCUT2D eigenvalue weighted by Gasteiger charge is -2.36. The molecule has 0 unspecified atom stereocenters. The number of aromatic nitrogens is 1. The fourth-order valence-electron chi connectivity index (χ4n) is 13.7. The van der Waals surface area contributed by atoms with Gasteiger partial charge in [-0.15, -0.1) is 0 Å². The van der Waals surface area contributed by atoms with Gasteiger partial charge in [-0.25, -0.2) is 0 Å². The second kappa shape index (κ2) is 14.6. The number of hydrogen-bond acceptors (Lipinski definition) is 1. The third-order valence-corrected chi connectivity index (χ3v) is 16.5. The highest BCUT2D eigenvalue weighted by Crippen LogP contribution is 2.63. The van der Waals surface area contributed by atoms with Crippen LogP contribution in [0.25, 0.3) is 83.1 Å². The van der Waals surface area contributed by atoms with Gasteiger partial charge in [-0.1, -0.05) is 189 Å². The summed E-state index contributed by atoms with van der Waals surface area (Å²) in [6, 6.07) is 84.5. The van der Waals surface area contributed by atoms with E-state index in [0.29, 0.717) is 0 Å². The van der Waals surface area contributed by atoms with Gasteiger partial charge in [-0.2, -0.15) is 0 Å². The Balaban J connectivity index is 0.844. The van der Waals surface area contributed by atoms with Crippen LogP contribution in [0.15, 0.2) is 224 Å². The molecule has 1 saturated carbocycles. The van der Waals surface area contributed by atoms with Gasteiger partial charge in [0.1, 0.15) is 0 Å². The Labute approximate surface area is 403 Å². The molecule has 0 bridgehead atoms. The molecule has 2 heteroatoms. The van der Waals surface area contributed by atoms with Gasteiger partial charge < -0.3 is 9.88 Å². The molecule has 11 aromatic rings. The maximum absolute atomic E-state index is 3.88. The molecule has 0 atom stereocenters. The van der Waals surface area contributed by atoms with Crippen LogP contribution in [-0.4, -0.2) is 4.57 Å². The minimum Gasteiger partial charge on any atom is -0.355 e. The second-order valence-corrected chi connectivity index (χ2v) is 19.9. The van der Waals surface area contributed by atoms with Crippen molar-refractivity contribution in [1.29, 1.82) is 0 Å². The molecule has 1 spiro atoms. The number of nitrogens with one attached hydrogen (secondary N) is 1. The molecule has 3 aliphatic carbocycles. The summed E-state index contributed by atoms with van der Waals surface area (Å²) in [4.78, 5) is 0. The topological polar surface area (TPSA) is 17.0 Å². The molecular weight excluding hydrogens is 833 g/mol. The first-order chi connectivity index (χ1) is 34.2. The van der Waals surface area contributed by atoms with Crippen molar-refractivity contribution >= 4 is 33.2 Å². The molecule has 2 heterocycles. The second-order valence-electron chi connectivity index (χ2n) is 19.9. The highest BCUT2D eigenvalue weighted by Gasteiger charge is 2.48. The van der Waals surface area contributed by atoms with E-state index >= 15 is 0 Å². The molecule has 0 saturated heterocycles. The van der Waals surface area contributed by atoms with Crippen LogP contribution in [0.4, 0.5) is 11.4 Å². The van der Waals surface area contributed by atoms with Crippen molar-refractivity contribution in [2.75, 3.05) is 5.32 Å². The van der Waals surface area contributed by atoms with E-state index in [-0.39, 0.29) is 5.41 Å². The lowest BCUT2D eigenvalue weighted by atomic mass is 9.67. The number of rotatable bonds is 6. The average molecular weight is 881 g/mol. The molecule has 15 rings (SSSR count). The van der Waals surface area contributed by atoms with Crippen LogP contribution in [0.1, 0.15) is 65.5 Å². The largest absolute Gasteiger partial charge is 0.355 e. The van der Waals surface area contributed by atoms with E-state index in [4.69, 9.17) is 0 Å². The van der Waals surface area contributed by atoms with Crippen LogP contribution in [0.3, 0.4) is 0 Å². The molecule has 326 valence electrons. The molecule has 1 N–H and O–H groups in total. The highest BCUT2D eigenvalue weighted by molar-refractivity contribution is 6.19. The third-order valence-electron chi connectivity index (χ3n) is 16.5. The summed E-state index contributed by atoms with van der Waals surface area (Å²) in [5.41, 5.74) is 27.0. The van der Waals surface area contributed by atoms with Gasteiger partial charge in [0.2, 0.25) is 0 Å². The Bertz CT molecular complexity index is 3860. The van der Waals surface area contributed by atoms with Crippen LogP contribution < -0.4 is 5.32 Å². The van der Waals surface area contributed by atoms with Crippen LogP contribution in [0.2, 0.25) is 0 Å². The smallest absolute Gasteiger partial charge is 0.0714 e. The van der Waals surface area contributed by atoms with E-state index in [1.807, 2.05) is 0 Å². The summed E-state index contributed by atoms with van der Waals surface area (Å²) in [5, 5.41) is 6.57. The standard InChI is InChI=1S/C67H48N2/c1-4-21-47(22-5-1)67(48-23-6-2-7-24-48)57-29-11-8-26-51(57)52-33-32-50(42-59(52)67)68-49-25-17-20-45(39-49)43-18-16-19-44(38-43)46-40-56-54-28-10-13-31-62(54)69-61-30-12-9-27-53(61)55-34-35-58-64(65(55)69)63(56)60(41-46)66(58)36-14-3-15-37-66/h1-2,4-13,16-35,38-42,68H,3,14-15,36-37H2. The highest BCUT2D eigenvalue weighted by atomic mass is 15.0. The van der Waals surface area contributed by atoms with Crippen molar-refractivity contribution in [2.24, 2.45) is 0 Å². The quantitative estimate of drug-likeness (QED) is 0.176. The Kier molecular flexibility index (Phi) is 8.25. The lowest BCUT2D eigenvalue weighted by Crippen LogP contribution is -2.28. The fourth-order valence-corrected chi connectivity index (χ4v) is 13.7. The number of nitrogens with zero attached hydrogens (tertiary/aromatic N) is 1. The molecule has 0 radical (unpaired) electrons. The molecule has 1 aromatic heterocycles. The number of fused-ring (bicyclic) bond motifs is 11. The molecule has 10 aromatic carbocycles. The van der Waals surface area contributed by atoms with E-state index in [0.717, 1.165) is 11.4 Å². The van der Waals surface area contributed by atoms with Gasteiger partial charge in [0, 0.05) is 38.7 Å². The van der Waals surface area contributed by atoms with E-state index in [1.54, 1.807) is 0 Å². The molecule has 1 fully saturated rings. The minimum atomic E-state index is -0.448. The van der Waals surface area contributed by atoms with Crippen molar-refractivity contribution in [3.05, 3.63) is 258 Å². The summed E-state index contributed by atoms with van der Waals surface area (Å²) in [7, 11) is 0. The number of anilines is 2. The number of benzene rings is 10. The Hall–Kier alpha value is -8.20. The number of para-hydroxylation sites is 2. The van der Waals surface area contributed by atoms with Gasteiger partial charge in [0.25, 0.3) is 0 Å². The first-order valence-electron chi connectivity index (χ1n) is 24.9. The summed E-state index contributed by atoms with van der Waals surface area (Å²) in [6.45, 7) is 0. The molecule has 2 nitrogen and oxygen atoms in total. The zero-order valence-electron chi connectivity index (χ0n) is 38.3. The lowest BCUT2D eigenvalue weighted by molar-refractivity contribution is 0.353. The zero-order valence-corrected chi connectivity index (χ0v) is 38.3. The monoisotopic (exact) mass is 880 g/mol. The number of hydrogen-bond donors (Lipinski definition) is 1. The molecular formula is C67H48N2. The fraction of sp³-hybridized carbons (Fsp3) is 0.104. The molecule has 69 heavy (non-hydrogen) atoms. The van der Waals surface area contributed by atoms with Crippen LogP contribution in [0, 0.1) is 0 Å². The van der Waals surface area contributed by atoms with Crippen molar-refractivity contribution in [2.45, 2.75) is 42.9 Å². The maximum atomic E-state index is 3.88. The van der Waals surface area contributed by atoms with Crippen molar-refractivity contribution in [1.82, 2.24) is 4.57 Å². The predicted molar refractivity (Wildman–Crippen MR) is 287 cm³/mol. The first kappa shape index (κ1) is 38.9. The van der Waals surface area contributed by atoms with Crippen LogP contribution in [-0.2, 0) is 10.8 Å². The molecule has 1 aliphatic heterocycles. The third kappa shape index (κ3) is 5.37. The van der Waals surface area contributed by atoms with Crippen molar-refractivity contribution < 1.29 is 0 Å². The van der Waals surface area contributed by atoms with Gasteiger partial charge in [-0.05, 0) is 145 Å². The van der Waals surface area contributed by atoms with Gasteiger partial charge in [0.05, 0.1) is 22.1 Å². The minimum absolute atomic E-state index is 0.00917. The average Bonchev–Trinajstić information content (AvgIpc) is 3.97.